The molecule has 1 atom stereocenters. The van der Waals surface area contributed by atoms with E-state index >= 15 is 0 Å². The molecule has 0 spiro atoms. The number of imidazole rings is 1. The van der Waals surface area contributed by atoms with Crippen molar-refractivity contribution in [1.82, 2.24) is 19.5 Å². The van der Waals surface area contributed by atoms with E-state index in [9.17, 15) is 8.78 Å². The van der Waals surface area contributed by atoms with E-state index in [0.717, 1.165) is 18.6 Å². The van der Waals surface area contributed by atoms with Crippen molar-refractivity contribution in [2.24, 2.45) is 5.41 Å². The number of anilines is 1. The van der Waals surface area contributed by atoms with Crippen molar-refractivity contribution < 1.29 is 8.78 Å². The number of aromatic nitrogens is 4. The highest BCUT2D eigenvalue weighted by Gasteiger charge is 2.49. The zero-order valence-electron chi connectivity index (χ0n) is 13.9. The Labute approximate surface area is 144 Å². The van der Waals surface area contributed by atoms with Gasteiger partial charge in [-0.3, -0.25) is 0 Å². The molecule has 0 aliphatic carbocycles. The van der Waals surface area contributed by atoms with Crippen LogP contribution in [-0.4, -0.2) is 26.1 Å². The molecule has 1 saturated heterocycles. The third-order valence-corrected chi connectivity index (χ3v) is 4.53. The summed E-state index contributed by atoms with van der Waals surface area (Å²) in [5.74, 6) is 0.472. The molecule has 1 unspecified atom stereocenters. The van der Waals surface area contributed by atoms with Crippen molar-refractivity contribution in [2.45, 2.75) is 19.9 Å². The molecule has 1 fully saturated rings. The number of benzene rings is 1. The van der Waals surface area contributed by atoms with Gasteiger partial charge in [-0.05, 0) is 18.2 Å². The summed E-state index contributed by atoms with van der Waals surface area (Å²) in [6.45, 7) is 5.01. The van der Waals surface area contributed by atoms with Gasteiger partial charge in [-0.2, -0.15) is 4.39 Å². The fraction of sp³-hybridized carbons (Fsp3) is 0.278. The van der Waals surface area contributed by atoms with Crippen molar-refractivity contribution in [2.75, 3.05) is 11.4 Å². The van der Waals surface area contributed by atoms with Crippen LogP contribution in [0.25, 0.3) is 5.69 Å². The van der Waals surface area contributed by atoms with E-state index in [1.807, 2.05) is 21.7 Å². The molecule has 0 amide bonds. The Morgan fingerprint density at radius 1 is 1.12 bits per heavy atom. The smallest absolute Gasteiger partial charge is 0.231 e. The Morgan fingerprint density at radius 2 is 1.96 bits per heavy atom. The molecular formula is C18H17F2N5. The molecule has 0 N–H and O–H groups in total. The highest BCUT2D eigenvalue weighted by atomic mass is 19.1. The lowest BCUT2D eigenvalue weighted by atomic mass is 9.74. The van der Waals surface area contributed by atoms with Crippen LogP contribution in [0.4, 0.5) is 14.6 Å². The molecule has 2 aromatic heterocycles. The molecule has 0 bridgehead atoms. The minimum absolute atomic E-state index is 0.0630. The Morgan fingerprint density at radius 3 is 2.64 bits per heavy atom. The van der Waals surface area contributed by atoms with E-state index in [1.54, 1.807) is 12.3 Å². The molecule has 7 heteroatoms. The number of halogens is 2. The molecule has 4 rings (SSSR count). The maximum Gasteiger partial charge on any atom is 0.231 e. The van der Waals surface area contributed by atoms with Gasteiger partial charge in [-0.25, -0.2) is 19.3 Å². The molecule has 1 aliphatic heterocycles. The predicted octanol–water partition coefficient (Wildman–Crippen LogP) is 3.53. The number of hydrogen-bond acceptors (Lipinski definition) is 4. The molecular weight excluding hydrogens is 324 g/mol. The van der Waals surface area contributed by atoms with Crippen molar-refractivity contribution in [3.63, 3.8) is 0 Å². The molecule has 3 aromatic rings. The summed E-state index contributed by atoms with van der Waals surface area (Å²) in [6.07, 6.45) is 6.04. The zero-order valence-corrected chi connectivity index (χ0v) is 13.9. The second-order valence-corrected chi connectivity index (χ2v) is 6.85. The van der Waals surface area contributed by atoms with Crippen LogP contribution in [0, 0.1) is 17.2 Å². The minimum atomic E-state index is -0.610. The lowest BCUT2D eigenvalue weighted by Crippen LogP contribution is -2.57. The molecule has 3 heterocycles. The van der Waals surface area contributed by atoms with Crippen molar-refractivity contribution in [3.05, 3.63) is 66.6 Å². The SMILES string of the molecule is CC1(C)CN(c2cnc(F)cn2)C1c1nccn1-c1cccc(F)c1. The Kier molecular flexibility index (Phi) is 3.52. The molecule has 0 radical (unpaired) electrons. The van der Waals surface area contributed by atoms with Gasteiger partial charge in [0.25, 0.3) is 0 Å². The third kappa shape index (κ3) is 2.65. The number of nitrogens with zero attached hydrogens (tertiary/aromatic N) is 5. The summed E-state index contributed by atoms with van der Waals surface area (Å²) in [5, 5.41) is 0. The molecule has 25 heavy (non-hydrogen) atoms. The number of rotatable bonds is 3. The van der Waals surface area contributed by atoms with Crippen LogP contribution in [0.3, 0.4) is 0 Å². The highest BCUT2D eigenvalue weighted by Crippen LogP contribution is 2.49. The molecule has 0 saturated carbocycles. The first-order valence-corrected chi connectivity index (χ1v) is 7.99. The second kappa shape index (κ2) is 5.61. The van der Waals surface area contributed by atoms with Crippen LogP contribution >= 0.6 is 0 Å². The van der Waals surface area contributed by atoms with Gasteiger partial charge < -0.3 is 9.47 Å². The summed E-state index contributed by atoms with van der Waals surface area (Å²) >= 11 is 0. The highest BCUT2D eigenvalue weighted by molar-refractivity contribution is 5.46. The van der Waals surface area contributed by atoms with Gasteiger partial charge in [0.05, 0.1) is 18.4 Å². The van der Waals surface area contributed by atoms with Crippen LogP contribution in [-0.2, 0) is 0 Å². The summed E-state index contributed by atoms with van der Waals surface area (Å²) in [4.78, 5) is 14.4. The van der Waals surface area contributed by atoms with Gasteiger partial charge in [0.2, 0.25) is 5.95 Å². The average Bonchev–Trinajstić information content (AvgIpc) is 3.02. The van der Waals surface area contributed by atoms with E-state index in [4.69, 9.17) is 0 Å². The largest absolute Gasteiger partial charge is 0.344 e. The Bertz CT molecular complexity index is 904. The fourth-order valence-electron chi connectivity index (χ4n) is 3.44. The summed E-state index contributed by atoms with van der Waals surface area (Å²) in [6, 6.07) is 6.31. The van der Waals surface area contributed by atoms with Gasteiger partial charge in [0, 0.05) is 30.0 Å². The second-order valence-electron chi connectivity index (χ2n) is 6.85. The Balaban J connectivity index is 1.75. The normalized spacial score (nSPS) is 18.9. The van der Waals surface area contributed by atoms with Crippen molar-refractivity contribution >= 4 is 5.82 Å². The quantitative estimate of drug-likeness (QED) is 0.731. The summed E-state index contributed by atoms with van der Waals surface area (Å²) < 4.78 is 28.6. The number of hydrogen-bond donors (Lipinski definition) is 0. The van der Waals surface area contributed by atoms with Gasteiger partial charge in [-0.1, -0.05) is 19.9 Å². The van der Waals surface area contributed by atoms with Crippen LogP contribution in [0.15, 0.2) is 49.1 Å². The van der Waals surface area contributed by atoms with E-state index in [2.05, 4.69) is 28.8 Å². The van der Waals surface area contributed by atoms with Crippen LogP contribution in [0.5, 0.6) is 0 Å². The molecule has 128 valence electrons. The maximum absolute atomic E-state index is 13.6. The monoisotopic (exact) mass is 341 g/mol. The predicted molar refractivity (Wildman–Crippen MR) is 89.4 cm³/mol. The minimum Gasteiger partial charge on any atom is -0.344 e. The van der Waals surface area contributed by atoms with Gasteiger partial charge >= 0.3 is 0 Å². The average molecular weight is 341 g/mol. The first-order chi connectivity index (χ1) is 12.0. The lowest BCUT2D eigenvalue weighted by molar-refractivity contribution is 0.169. The van der Waals surface area contributed by atoms with Crippen LogP contribution in [0.1, 0.15) is 25.7 Å². The fourth-order valence-corrected chi connectivity index (χ4v) is 3.44. The molecule has 1 aliphatic rings. The third-order valence-electron chi connectivity index (χ3n) is 4.53. The molecule has 1 aromatic carbocycles. The zero-order chi connectivity index (χ0) is 17.6. The maximum atomic E-state index is 13.6. The standard InChI is InChI=1S/C18H17F2N5/c1-18(2)11-25(15-10-22-14(20)9-23-15)16(18)17-21-6-7-24(17)13-5-3-4-12(19)8-13/h3-10,16H,11H2,1-2H3. The first-order valence-electron chi connectivity index (χ1n) is 7.99. The van der Waals surface area contributed by atoms with Crippen LogP contribution in [0.2, 0.25) is 0 Å². The van der Waals surface area contributed by atoms with E-state index in [0.29, 0.717) is 11.5 Å². The van der Waals surface area contributed by atoms with Crippen molar-refractivity contribution in [3.8, 4) is 5.69 Å². The molecule has 5 nitrogen and oxygen atoms in total. The summed E-state index contributed by atoms with van der Waals surface area (Å²) in [5.41, 5.74) is 0.646. The topological polar surface area (TPSA) is 46.8 Å². The van der Waals surface area contributed by atoms with Gasteiger partial charge in [0.15, 0.2) is 0 Å². The van der Waals surface area contributed by atoms with Gasteiger partial charge in [0.1, 0.15) is 17.5 Å². The van der Waals surface area contributed by atoms with E-state index < -0.39 is 5.95 Å². The first kappa shape index (κ1) is 15.7. The van der Waals surface area contributed by atoms with Gasteiger partial charge in [-0.15, -0.1) is 0 Å². The van der Waals surface area contributed by atoms with E-state index in [-0.39, 0.29) is 17.3 Å². The lowest BCUT2D eigenvalue weighted by Gasteiger charge is -2.54. The summed E-state index contributed by atoms with van der Waals surface area (Å²) in [7, 11) is 0. The van der Waals surface area contributed by atoms with Crippen LogP contribution < -0.4 is 4.90 Å². The van der Waals surface area contributed by atoms with E-state index in [1.165, 1.54) is 18.3 Å². The Hall–Kier alpha value is -2.83. The van der Waals surface area contributed by atoms with Crippen molar-refractivity contribution in [1.29, 1.82) is 0 Å².